The third kappa shape index (κ3) is 5.85. The van der Waals surface area contributed by atoms with E-state index in [1.165, 1.54) is 55.2 Å². The van der Waals surface area contributed by atoms with Crippen LogP contribution in [0.2, 0.25) is 0 Å². The van der Waals surface area contributed by atoms with E-state index in [-0.39, 0.29) is 16.2 Å². The Balaban J connectivity index is 1.35. The normalized spacial score (nSPS) is 12.6. The van der Waals surface area contributed by atoms with Gasteiger partial charge in [0.1, 0.15) is 0 Å². The molecule has 2 aromatic heterocycles. The first-order chi connectivity index (χ1) is 22.8. The molecule has 0 unspecified atom stereocenters. The number of hydrogen-bond acceptors (Lipinski definition) is 1. The maximum atomic E-state index is 5.40. The third-order valence-corrected chi connectivity index (χ3v) is 10.0. The van der Waals surface area contributed by atoms with E-state index in [1.54, 1.807) is 0 Å². The van der Waals surface area contributed by atoms with Crippen LogP contribution in [0.15, 0.2) is 127 Å². The lowest BCUT2D eigenvalue weighted by Crippen LogP contribution is -2.21. The van der Waals surface area contributed by atoms with Crippen molar-refractivity contribution >= 4 is 21.8 Å². The summed E-state index contributed by atoms with van der Waals surface area (Å²) in [6.45, 7) is 18.2. The Bertz CT molecular complexity index is 2170. The molecule has 7 rings (SSSR count). The van der Waals surface area contributed by atoms with Crippen LogP contribution >= 0.6 is 0 Å². The molecular formula is C46H46N2. The van der Waals surface area contributed by atoms with Crippen molar-refractivity contribution in [1.82, 2.24) is 9.97 Å². The van der Waals surface area contributed by atoms with Crippen LogP contribution in [-0.2, 0) is 16.2 Å². The molecule has 0 fully saturated rings. The van der Waals surface area contributed by atoms with Gasteiger partial charge in [0.25, 0.3) is 0 Å². The van der Waals surface area contributed by atoms with Crippen LogP contribution in [0.1, 0.15) is 77.8 Å². The first-order valence-corrected chi connectivity index (χ1v) is 17.1. The molecule has 0 saturated heterocycles. The number of pyridine rings is 1. The fraction of sp³-hybridized carbons (Fsp3) is 0.239. The van der Waals surface area contributed by atoms with E-state index in [0.717, 1.165) is 22.5 Å². The molecule has 0 atom stereocenters. The molecule has 0 aliphatic carbocycles. The first-order valence-electron chi connectivity index (χ1n) is 17.1. The van der Waals surface area contributed by atoms with Crippen LogP contribution in [-0.4, -0.2) is 9.97 Å². The Morgan fingerprint density at radius 3 is 1.56 bits per heavy atom. The molecule has 0 aliphatic rings. The van der Waals surface area contributed by atoms with Crippen LogP contribution in [0, 0.1) is 0 Å². The number of aromatic amines is 1. The maximum absolute atomic E-state index is 5.40. The summed E-state index contributed by atoms with van der Waals surface area (Å²) >= 11 is 0. The summed E-state index contributed by atoms with van der Waals surface area (Å²) in [5.41, 5.74) is 14.1. The molecule has 0 radical (unpaired) electrons. The van der Waals surface area contributed by atoms with E-state index in [2.05, 4.69) is 188 Å². The van der Waals surface area contributed by atoms with Crippen LogP contribution < -0.4 is 0 Å². The van der Waals surface area contributed by atoms with Gasteiger partial charge in [-0.25, -0.2) is 0 Å². The SMILES string of the molecule is CC(C)(C)c1ccc(-c2cc(-c3ccc(C(C)(C)C)cc3)cc(-c3cccc(C(C)(C)c4cccc5c4[nH]c4ccccc45)n3)c2)cc1. The topological polar surface area (TPSA) is 28.7 Å². The van der Waals surface area contributed by atoms with E-state index in [4.69, 9.17) is 4.98 Å². The number of hydrogen-bond donors (Lipinski definition) is 1. The molecule has 0 amide bonds. The summed E-state index contributed by atoms with van der Waals surface area (Å²) in [7, 11) is 0. The highest BCUT2D eigenvalue weighted by Crippen LogP contribution is 2.39. The van der Waals surface area contributed by atoms with E-state index in [0.29, 0.717) is 0 Å². The molecule has 0 saturated carbocycles. The zero-order valence-electron chi connectivity index (χ0n) is 29.6. The zero-order valence-corrected chi connectivity index (χ0v) is 29.6. The lowest BCUT2D eigenvalue weighted by Gasteiger charge is -2.26. The summed E-state index contributed by atoms with van der Waals surface area (Å²) in [5, 5.41) is 2.50. The van der Waals surface area contributed by atoms with Gasteiger partial charge in [-0.1, -0.05) is 146 Å². The van der Waals surface area contributed by atoms with Crippen molar-refractivity contribution in [3.05, 3.63) is 150 Å². The largest absolute Gasteiger partial charge is 0.354 e. The number of aromatic nitrogens is 2. The van der Waals surface area contributed by atoms with Crippen LogP contribution in [0.3, 0.4) is 0 Å². The van der Waals surface area contributed by atoms with Crippen LogP contribution in [0.4, 0.5) is 0 Å². The van der Waals surface area contributed by atoms with Crippen molar-refractivity contribution in [2.75, 3.05) is 0 Å². The number of nitrogens with zero attached hydrogens (tertiary/aromatic N) is 1. The Hall–Kier alpha value is -4.95. The minimum Gasteiger partial charge on any atom is -0.354 e. The Labute approximate surface area is 285 Å². The van der Waals surface area contributed by atoms with Gasteiger partial charge in [-0.15, -0.1) is 0 Å². The third-order valence-electron chi connectivity index (χ3n) is 10.0. The van der Waals surface area contributed by atoms with E-state index in [9.17, 15) is 0 Å². The van der Waals surface area contributed by atoms with Gasteiger partial charge < -0.3 is 4.98 Å². The number of H-pyrrole nitrogens is 1. The minimum absolute atomic E-state index is 0.106. The fourth-order valence-electron chi connectivity index (χ4n) is 6.91. The smallest absolute Gasteiger partial charge is 0.0706 e. The van der Waals surface area contributed by atoms with Crippen molar-refractivity contribution < 1.29 is 0 Å². The maximum Gasteiger partial charge on any atom is 0.0706 e. The molecular weight excluding hydrogens is 581 g/mol. The second kappa shape index (κ2) is 11.6. The first kappa shape index (κ1) is 31.6. The molecule has 2 heterocycles. The molecule has 7 aromatic rings. The number of benzene rings is 5. The highest BCUT2D eigenvalue weighted by atomic mass is 14.8. The van der Waals surface area contributed by atoms with Crippen molar-refractivity contribution in [2.24, 2.45) is 0 Å². The van der Waals surface area contributed by atoms with Crippen molar-refractivity contribution in [2.45, 2.75) is 71.6 Å². The van der Waals surface area contributed by atoms with Gasteiger partial charge in [-0.3, -0.25) is 4.98 Å². The predicted octanol–water partition coefficient (Wildman–Crippen LogP) is 12.6. The van der Waals surface area contributed by atoms with Crippen molar-refractivity contribution in [1.29, 1.82) is 0 Å². The lowest BCUT2D eigenvalue weighted by molar-refractivity contribution is 0.590. The van der Waals surface area contributed by atoms with Gasteiger partial charge in [0.15, 0.2) is 0 Å². The molecule has 240 valence electrons. The number of nitrogens with one attached hydrogen (secondary N) is 1. The molecule has 5 aromatic carbocycles. The van der Waals surface area contributed by atoms with E-state index >= 15 is 0 Å². The second-order valence-electron chi connectivity index (χ2n) is 15.9. The van der Waals surface area contributed by atoms with Gasteiger partial charge >= 0.3 is 0 Å². The number of para-hydroxylation sites is 2. The summed E-state index contributed by atoms with van der Waals surface area (Å²) in [5.74, 6) is 0. The Morgan fingerprint density at radius 1 is 0.458 bits per heavy atom. The molecule has 0 bridgehead atoms. The van der Waals surface area contributed by atoms with E-state index in [1.807, 2.05) is 0 Å². The highest BCUT2D eigenvalue weighted by Gasteiger charge is 2.28. The van der Waals surface area contributed by atoms with Gasteiger partial charge in [0.05, 0.1) is 16.9 Å². The predicted molar refractivity (Wildman–Crippen MR) is 206 cm³/mol. The quantitative estimate of drug-likeness (QED) is 0.202. The van der Waals surface area contributed by atoms with Crippen molar-refractivity contribution in [3.8, 4) is 33.5 Å². The average Bonchev–Trinajstić information content (AvgIpc) is 3.46. The number of fused-ring (bicyclic) bond motifs is 3. The van der Waals surface area contributed by atoms with Gasteiger partial charge in [-0.2, -0.15) is 0 Å². The van der Waals surface area contributed by atoms with Crippen molar-refractivity contribution in [3.63, 3.8) is 0 Å². The average molecular weight is 627 g/mol. The Kier molecular flexibility index (Phi) is 7.67. The molecule has 2 heteroatoms. The van der Waals surface area contributed by atoms with Gasteiger partial charge in [0, 0.05) is 27.3 Å². The minimum atomic E-state index is -0.331. The summed E-state index contributed by atoms with van der Waals surface area (Å²) in [4.78, 5) is 9.12. The van der Waals surface area contributed by atoms with Gasteiger partial charge in [0.2, 0.25) is 0 Å². The standard InChI is InChI=1S/C46H46N2/c1-44(2,3)35-23-19-30(20-24-35)32-27-33(31-21-25-36(26-22-31)45(4,5)6)29-34(28-32)40-17-12-18-42(47-40)46(7,8)39-15-11-14-38-37-13-9-10-16-41(37)48-43(38)39/h9-29,48H,1-8H3. The molecule has 48 heavy (non-hydrogen) atoms. The summed E-state index contributed by atoms with van der Waals surface area (Å²) in [6, 6.07) is 46.7. The fourth-order valence-corrected chi connectivity index (χ4v) is 6.91. The van der Waals surface area contributed by atoms with E-state index < -0.39 is 0 Å². The number of rotatable bonds is 5. The molecule has 0 aliphatic heterocycles. The van der Waals surface area contributed by atoms with Crippen LogP contribution in [0.25, 0.3) is 55.3 Å². The zero-order chi connectivity index (χ0) is 33.8. The highest BCUT2D eigenvalue weighted by molar-refractivity contribution is 6.08. The molecule has 1 N–H and O–H groups in total. The monoisotopic (exact) mass is 626 g/mol. The van der Waals surface area contributed by atoms with Gasteiger partial charge in [-0.05, 0) is 86.2 Å². The molecule has 0 spiro atoms. The second-order valence-corrected chi connectivity index (χ2v) is 15.9. The Morgan fingerprint density at radius 2 is 0.979 bits per heavy atom. The van der Waals surface area contributed by atoms with Crippen LogP contribution in [0.5, 0.6) is 0 Å². The lowest BCUT2D eigenvalue weighted by atomic mass is 9.80. The summed E-state index contributed by atoms with van der Waals surface area (Å²) < 4.78 is 0. The molecule has 2 nitrogen and oxygen atoms in total. The summed E-state index contributed by atoms with van der Waals surface area (Å²) in [6.07, 6.45) is 0.